The third-order valence-electron chi connectivity index (χ3n) is 4.67. The Morgan fingerprint density at radius 2 is 1.90 bits per heavy atom. The third kappa shape index (κ3) is 2.31. The maximum Gasteiger partial charge on any atom is 0.233 e. The minimum atomic E-state index is 0.359. The van der Waals surface area contributed by atoms with Crippen molar-refractivity contribution in [3.63, 3.8) is 0 Å². The Hall–Kier alpha value is -1.13. The summed E-state index contributed by atoms with van der Waals surface area (Å²) in [5.74, 6) is 0.845. The van der Waals surface area contributed by atoms with Crippen LogP contribution in [0.5, 0.6) is 5.88 Å². The van der Waals surface area contributed by atoms with Crippen LogP contribution in [-0.4, -0.2) is 34.5 Å². The van der Waals surface area contributed by atoms with E-state index in [0.717, 1.165) is 11.9 Å². The first-order valence-corrected chi connectivity index (χ1v) is 8.42. The smallest absolute Gasteiger partial charge is 0.233 e. The van der Waals surface area contributed by atoms with Crippen LogP contribution in [0.2, 0.25) is 0 Å². The molecule has 2 fully saturated rings. The van der Waals surface area contributed by atoms with Gasteiger partial charge in [-0.3, -0.25) is 0 Å². The molecule has 0 unspecified atom stereocenters. The van der Waals surface area contributed by atoms with E-state index in [-0.39, 0.29) is 0 Å². The molecule has 1 saturated heterocycles. The number of hydrogen-bond acceptors (Lipinski definition) is 4. The van der Waals surface area contributed by atoms with Gasteiger partial charge < -0.3 is 9.64 Å². The average molecular weight is 288 g/mol. The van der Waals surface area contributed by atoms with Crippen molar-refractivity contribution in [3.8, 4) is 5.88 Å². The zero-order valence-electron chi connectivity index (χ0n) is 11.6. The summed E-state index contributed by atoms with van der Waals surface area (Å²) >= 11 is 1.54. The van der Waals surface area contributed by atoms with Crippen LogP contribution >= 0.6 is 11.5 Å². The molecule has 1 aromatic heterocycles. The van der Waals surface area contributed by atoms with Crippen LogP contribution in [-0.2, 0) is 0 Å². The topological polar surface area (TPSA) is 25.4 Å². The van der Waals surface area contributed by atoms with E-state index in [1.807, 2.05) is 0 Å². The Bertz CT molecular complexity index is 585. The Balaban J connectivity index is 1.40. The van der Waals surface area contributed by atoms with Crippen LogP contribution in [0.4, 0.5) is 0 Å². The second-order valence-corrected chi connectivity index (χ2v) is 6.73. The minimum absolute atomic E-state index is 0.359. The zero-order valence-corrected chi connectivity index (χ0v) is 12.4. The van der Waals surface area contributed by atoms with Gasteiger partial charge in [0.1, 0.15) is 6.10 Å². The van der Waals surface area contributed by atoms with E-state index in [1.165, 1.54) is 66.8 Å². The van der Waals surface area contributed by atoms with Crippen LogP contribution < -0.4 is 4.74 Å². The fourth-order valence-electron chi connectivity index (χ4n) is 3.34. The van der Waals surface area contributed by atoms with Crippen molar-refractivity contribution in [1.29, 1.82) is 0 Å². The summed E-state index contributed by atoms with van der Waals surface area (Å²) in [5, 5.41) is 1.17. The molecular formula is C16H20N2OS. The SMILES string of the molecule is c1ccc2c(OC3CCC(N4CCC4)CC3)nsc2c1. The zero-order chi connectivity index (χ0) is 13.4. The monoisotopic (exact) mass is 288 g/mol. The van der Waals surface area contributed by atoms with Crippen molar-refractivity contribution in [1.82, 2.24) is 9.27 Å². The van der Waals surface area contributed by atoms with Crippen molar-refractivity contribution < 1.29 is 4.74 Å². The van der Waals surface area contributed by atoms with Crippen molar-refractivity contribution in [2.24, 2.45) is 0 Å². The highest BCUT2D eigenvalue weighted by Crippen LogP contribution is 2.33. The first-order valence-electron chi connectivity index (χ1n) is 7.65. The lowest BCUT2D eigenvalue weighted by Crippen LogP contribution is -2.47. The first-order chi connectivity index (χ1) is 9.90. The number of hydrogen-bond donors (Lipinski definition) is 0. The van der Waals surface area contributed by atoms with Crippen molar-refractivity contribution in [2.45, 2.75) is 44.2 Å². The highest BCUT2D eigenvalue weighted by molar-refractivity contribution is 7.13. The van der Waals surface area contributed by atoms with Crippen LogP contribution in [0.25, 0.3) is 10.1 Å². The van der Waals surface area contributed by atoms with E-state index in [0.29, 0.717) is 6.10 Å². The van der Waals surface area contributed by atoms with Crippen molar-refractivity contribution in [3.05, 3.63) is 24.3 Å². The molecule has 106 valence electrons. The summed E-state index contributed by atoms with van der Waals surface area (Å²) in [4.78, 5) is 2.63. The van der Waals surface area contributed by atoms with Crippen LogP contribution in [0.15, 0.2) is 24.3 Å². The van der Waals surface area contributed by atoms with Crippen LogP contribution in [0.1, 0.15) is 32.1 Å². The average Bonchev–Trinajstić information content (AvgIpc) is 2.83. The molecule has 1 aromatic carbocycles. The standard InChI is InChI=1S/C16H20N2OS/c1-2-5-15-14(4-1)16(17-20-15)19-13-8-6-12(7-9-13)18-10-3-11-18/h1-2,4-5,12-13H,3,6-11H2. The molecule has 1 saturated carbocycles. The molecule has 0 spiro atoms. The summed E-state index contributed by atoms with van der Waals surface area (Å²) in [5.41, 5.74) is 0. The lowest BCUT2D eigenvalue weighted by atomic mass is 9.90. The van der Waals surface area contributed by atoms with Gasteiger partial charge in [-0.25, -0.2) is 0 Å². The number of ether oxygens (including phenoxy) is 1. The summed E-state index contributed by atoms with van der Waals surface area (Å²) in [6.07, 6.45) is 6.67. The second-order valence-electron chi connectivity index (χ2n) is 5.92. The number of benzene rings is 1. The molecule has 2 aromatic rings. The van der Waals surface area contributed by atoms with Gasteiger partial charge in [-0.05, 0) is 68.9 Å². The van der Waals surface area contributed by atoms with Gasteiger partial charge >= 0.3 is 0 Å². The Morgan fingerprint density at radius 1 is 1.10 bits per heavy atom. The van der Waals surface area contributed by atoms with E-state index in [4.69, 9.17) is 4.74 Å². The van der Waals surface area contributed by atoms with Crippen LogP contribution in [0.3, 0.4) is 0 Å². The molecular weight excluding hydrogens is 268 g/mol. The van der Waals surface area contributed by atoms with Gasteiger partial charge in [0.25, 0.3) is 0 Å². The largest absolute Gasteiger partial charge is 0.473 e. The highest BCUT2D eigenvalue weighted by atomic mass is 32.1. The molecule has 3 nitrogen and oxygen atoms in total. The maximum absolute atomic E-state index is 6.17. The molecule has 0 amide bonds. The molecule has 4 heteroatoms. The molecule has 0 bridgehead atoms. The molecule has 4 rings (SSSR count). The Labute approximate surface area is 123 Å². The van der Waals surface area contributed by atoms with Gasteiger partial charge in [0.2, 0.25) is 5.88 Å². The van der Waals surface area contributed by atoms with E-state index < -0.39 is 0 Å². The Kier molecular flexibility index (Phi) is 3.36. The second kappa shape index (κ2) is 5.34. The third-order valence-corrected chi connectivity index (χ3v) is 5.48. The first kappa shape index (κ1) is 12.6. The summed E-state index contributed by atoms with van der Waals surface area (Å²) in [6, 6.07) is 9.16. The maximum atomic E-state index is 6.17. The van der Waals surface area contributed by atoms with Gasteiger partial charge in [-0.15, -0.1) is 0 Å². The van der Waals surface area contributed by atoms with E-state index in [9.17, 15) is 0 Å². The lowest BCUT2D eigenvalue weighted by molar-refractivity contribution is 0.0530. The van der Waals surface area contributed by atoms with Gasteiger partial charge in [0.05, 0.1) is 10.1 Å². The molecule has 2 aliphatic rings. The van der Waals surface area contributed by atoms with E-state index >= 15 is 0 Å². The quantitative estimate of drug-likeness (QED) is 0.861. The highest BCUT2D eigenvalue weighted by Gasteiger charge is 2.29. The molecule has 0 radical (unpaired) electrons. The van der Waals surface area contributed by atoms with Crippen LogP contribution in [0, 0.1) is 0 Å². The fraction of sp³-hybridized carbons (Fsp3) is 0.562. The number of fused-ring (bicyclic) bond motifs is 1. The number of likely N-dealkylation sites (tertiary alicyclic amines) is 1. The number of nitrogens with zero attached hydrogens (tertiary/aromatic N) is 2. The predicted octanol–water partition coefficient (Wildman–Crippen LogP) is 3.69. The Morgan fingerprint density at radius 3 is 2.65 bits per heavy atom. The molecule has 2 heterocycles. The molecule has 1 aliphatic heterocycles. The lowest BCUT2D eigenvalue weighted by Gasteiger charge is -2.41. The molecule has 0 atom stereocenters. The van der Waals surface area contributed by atoms with Crippen molar-refractivity contribution >= 4 is 21.6 Å². The normalized spacial score (nSPS) is 27.4. The molecule has 0 N–H and O–H groups in total. The van der Waals surface area contributed by atoms with E-state index in [2.05, 4.69) is 33.5 Å². The fourth-order valence-corrected chi connectivity index (χ4v) is 4.06. The summed E-state index contributed by atoms with van der Waals surface area (Å²) < 4.78 is 11.9. The summed E-state index contributed by atoms with van der Waals surface area (Å²) in [6.45, 7) is 2.62. The predicted molar refractivity (Wildman–Crippen MR) is 82.5 cm³/mol. The number of aromatic nitrogens is 1. The molecule has 1 aliphatic carbocycles. The van der Waals surface area contributed by atoms with Gasteiger partial charge in [0.15, 0.2) is 0 Å². The van der Waals surface area contributed by atoms with Gasteiger partial charge in [0, 0.05) is 6.04 Å². The minimum Gasteiger partial charge on any atom is -0.473 e. The van der Waals surface area contributed by atoms with Gasteiger partial charge in [-0.1, -0.05) is 12.1 Å². The summed E-state index contributed by atoms with van der Waals surface area (Å²) in [7, 11) is 0. The molecule has 20 heavy (non-hydrogen) atoms. The van der Waals surface area contributed by atoms with E-state index in [1.54, 1.807) is 0 Å². The van der Waals surface area contributed by atoms with Gasteiger partial charge in [-0.2, -0.15) is 4.37 Å². The number of rotatable bonds is 3. The van der Waals surface area contributed by atoms with Crippen molar-refractivity contribution in [2.75, 3.05) is 13.1 Å².